The predicted molar refractivity (Wildman–Crippen MR) is 57.3 cm³/mol. The van der Waals surface area contributed by atoms with E-state index in [1.54, 1.807) is 0 Å². The molecule has 0 radical (unpaired) electrons. The van der Waals surface area contributed by atoms with Gasteiger partial charge in [0.05, 0.1) is 5.60 Å². The number of hydrogen-bond acceptors (Lipinski definition) is 2. The Bertz CT molecular complexity index is 312. The summed E-state index contributed by atoms with van der Waals surface area (Å²) in [4.78, 5) is 2.13. The fraction of sp³-hybridized carbons (Fsp3) is 0.500. The number of rotatable bonds is 2. The van der Waals surface area contributed by atoms with Crippen LogP contribution in [0.4, 0.5) is 0 Å². The number of benzene rings is 1. The Labute approximate surface area is 85.2 Å². The Morgan fingerprint density at radius 3 is 2.36 bits per heavy atom. The summed E-state index contributed by atoms with van der Waals surface area (Å²) in [5.41, 5.74) is 2.02. The van der Waals surface area contributed by atoms with Crippen molar-refractivity contribution < 1.29 is 5.11 Å². The van der Waals surface area contributed by atoms with Gasteiger partial charge in [0.25, 0.3) is 0 Å². The summed E-state index contributed by atoms with van der Waals surface area (Å²) in [6.07, 6.45) is 0.775. The van der Waals surface area contributed by atoms with Crippen molar-refractivity contribution in [2.75, 3.05) is 20.1 Å². The fourth-order valence-corrected chi connectivity index (χ4v) is 2.16. The Hall–Kier alpha value is -0.860. The summed E-state index contributed by atoms with van der Waals surface area (Å²) < 4.78 is 0. The highest BCUT2D eigenvalue weighted by Gasteiger charge is 2.38. The number of aryl methyl sites for hydroxylation is 1. The van der Waals surface area contributed by atoms with Crippen LogP contribution in [-0.4, -0.2) is 35.7 Å². The van der Waals surface area contributed by atoms with Crippen LogP contribution in [0.1, 0.15) is 11.1 Å². The molecule has 0 unspecified atom stereocenters. The molecule has 1 aromatic carbocycles. The van der Waals surface area contributed by atoms with E-state index in [1.807, 2.05) is 7.05 Å². The second-order valence-electron chi connectivity index (χ2n) is 4.56. The van der Waals surface area contributed by atoms with Crippen LogP contribution in [0.3, 0.4) is 0 Å². The molecule has 1 heterocycles. The van der Waals surface area contributed by atoms with Crippen molar-refractivity contribution in [2.24, 2.45) is 0 Å². The van der Waals surface area contributed by atoms with Crippen molar-refractivity contribution in [2.45, 2.75) is 18.9 Å². The molecular formula is C12H17NO. The maximum absolute atomic E-state index is 10.1. The van der Waals surface area contributed by atoms with Gasteiger partial charge in [-0.05, 0) is 19.5 Å². The highest BCUT2D eigenvalue weighted by Crippen LogP contribution is 2.23. The predicted octanol–water partition coefficient (Wildman–Crippen LogP) is 1.21. The van der Waals surface area contributed by atoms with Crippen molar-refractivity contribution in [1.29, 1.82) is 0 Å². The molecule has 0 saturated carbocycles. The average molecular weight is 191 g/mol. The van der Waals surface area contributed by atoms with Gasteiger partial charge in [-0.15, -0.1) is 0 Å². The van der Waals surface area contributed by atoms with Gasteiger partial charge in [-0.2, -0.15) is 0 Å². The molecule has 2 rings (SSSR count). The molecule has 0 amide bonds. The standard InChI is InChI=1S/C12H17NO/c1-10-3-5-11(6-4-10)7-12(14)8-13(2)9-12/h3-6,14H,7-9H2,1-2H3. The van der Waals surface area contributed by atoms with Gasteiger partial charge in [0, 0.05) is 19.5 Å². The zero-order chi connectivity index (χ0) is 10.2. The van der Waals surface area contributed by atoms with Gasteiger partial charge in [0.15, 0.2) is 0 Å². The van der Waals surface area contributed by atoms with Crippen molar-refractivity contribution >= 4 is 0 Å². The first-order valence-electron chi connectivity index (χ1n) is 5.04. The van der Waals surface area contributed by atoms with Crippen LogP contribution in [0.25, 0.3) is 0 Å². The molecule has 0 atom stereocenters. The summed E-state index contributed by atoms with van der Waals surface area (Å²) in [7, 11) is 2.03. The van der Waals surface area contributed by atoms with Gasteiger partial charge in [-0.3, -0.25) is 0 Å². The summed E-state index contributed by atoms with van der Waals surface area (Å²) >= 11 is 0. The second-order valence-corrected chi connectivity index (χ2v) is 4.56. The summed E-state index contributed by atoms with van der Waals surface area (Å²) in [5, 5.41) is 10.1. The van der Waals surface area contributed by atoms with E-state index >= 15 is 0 Å². The fourth-order valence-electron chi connectivity index (χ4n) is 2.16. The molecule has 2 heteroatoms. The molecule has 1 aromatic rings. The van der Waals surface area contributed by atoms with E-state index in [2.05, 4.69) is 36.1 Å². The number of β-amino-alcohol motifs (C(OH)–C–C–N with tert-alkyl or cyclic N) is 1. The normalized spacial score (nSPS) is 20.5. The highest BCUT2D eigenvalue weighted by atomic mass is 16.3. The zero-order valence-electron chi connectivity index (χ0n) is 8.83. The summed E-state index contributed by atoms with van der Waals surface area (Å²) in [6.45, 7) is 3.66. The quantitative estimate of drug-likeness (QED) is 0.759. The van der Waals surface area contributed by atoms with Crippen molar-refractivity contribution in [3.8, 4) is 0 Å². The topological polar surface area (TPSA) is 23.5 Å². The first-order valence-corrected chi connectivity index (χ1v) is 5.04. The molecule has 0 bridgehead atoms. The van der Waals surface area contributed by atoms with Crippen LogP contribution in [0.2, 0.25) is 0 Å². The highest BCUT2D eigenvalue weighted by molar-refractivity contribution is 5.23. The van der Waals surface area contributed by atoms with Gasteiger partial charge in [-0.1, -0.05) is 29.8 Å². The number of aliphatic hydroxyl groups is 1. The van der Waals surface area contributed by atoms with E-state index in [-0.39, 0.29) is 0 Å². The average Bonchev–Trinajstić information content (AvgIpc) is 2.07. The van der Waals surface area contributed by atoms with Crippen LogP contribution < -0.4 is 0 Å². The van der Waals surface area contributed by atoms with E-state index in [0.29, 0.717) is 0 Å². The van der Waals surface area contributed by atoms with Gasteiger partial charge in [0.1, 0.15) is 0 Å². The van der Waals surface area contributed by atoms with Crippen LogP contribution in [0.15, 0.2) is 24.3 Å². The van der Waals surface area contributed by atoms with Gasteiger partial charge in [-0.25, -0.2) is 0 Å². The van der Waals surface area contributed by atoms with Gasteiger partial charge < -0.3 is 10.0 Å². The Morgan fingerprint density at radius 2 is 1.86 bits per heavy atom. The summed E-state index contributed by atoms with van der Waals surface area (Å²) in [6, 6.07) is 8.40. The van der Waals surface area contributed by atoms with E-state index in [1.165, 1.54) is 11.1 Å². The molecule has 1 aliphatic heterocycles. The molecule has 14 heavy (non-hydrogen) atoms. The number of likely N-dealkylation sites (tertiary alicyclic amines) is 1. The Kier molecular flexibility index (Phi) is 2.33. The monoisotopic (exact) mass is 191 g/mol. The van der Waals surface area contributed by atoms with E-state index < -0.39 is 5.60 Å². The van der Waals surface area contributed by atoms with Crippen LogP contribution in [-0.2, 0) is 6.42 Å². The molecule has 0 aliphatic carbocycles. The van der Waals surface area contributed by atoms with Crippen molar-refractivity contribution in [3.05, 3.63) is 35.4 Å². The minimum Gasteiger partial charge on any atom is -0.387 e. The first-order chi connectivity index (χ1) is 6.57. The molecule has 1 N–H and O–H groups in total. The maximum Gasteiger partial charge on any atom is 0.0939 e. The molecule has 76 valence electrons. The number of likely N-dealkylation sites (N-methyl/N-ethyl adjacent to an activating group) is 1. The van der Waals surface area contributed by atoms with Crippen molar-refractivity contribution in [1.82, 2.24) is 4.90 Å². The lowest BCUT2D eigenvalue weighted by atomic mass is 9.87. The zero-order valence-corrected chi connectivity index (χ0v) is 8.83. The lowest BCUT2D eigenvalue weighted by Gasteiger charge is -2.44. The molecule has 0 aromatic heterocycles. The first kappa shape index (κ1) is 9.69. The SMILES string of the molecule is Cc1ccc(CC2(O)CN(C)C2)cc1. The van der Waals surface area contributed by atoms with Crippen molar-refractivity contribution in [3.63, 3.8) is 0 Å². The molecular weight excluding hydrogens is 174 g/mol. The maximum atomic E-state index is 10.1. The second kappa shape index (κ2) is 3.37. The molecule has 2 nitrogen and oxygen atoms in total. The smallest absolute Gasteiger partial charge is 0.0939 e. The lowest BCUT2D eigenvalue weighted by Crippen LogP contribution is -2.61. The largest absolute Gasteiger partial charge is 0.387 e. The molecule has 0 spiro atoms. The van der Waals surface area contributed by atoms with Gasteiger partial charge in [0.2, 0.25) is 0 Å². The Morgan fingerprint density at radius 1 is 1.29 bits per heavy atom. The van der Waals surface area contributed by atoms with Crippen LogP contribution >= 0.6 is 0 Å². The lowest BCUT2D eigenvalue weighted by molar-refractivity contribution is -0.0847. The summed E-state index contributed by atoms with van der Waals surface area (Å²) in [5.74, 6) is 0. The van der Waals surface area contributed by atoms with E-state index in [0.717, 1.165) is 19.5 Å². The van der Waals surface area contributed by atoms with E-state index in [4.69, 9.17) is 0 Å². The minimum atomic E-state index is -0.482. The molecule has 1 fully saturated rings. The third-order valence-corrected chi connectivity index (χ3v) is 2.78. The third-order valence-electron chi connectivity index (χ3n) is 2.78. The number of hydrogen-bond donors (Lipinski definition) is 1. The molecule has 1 saturated heterocycles. The number of nitrogens with zero attached hydrogens (tertiary/aromatic N) is 1. The van der Waals surface area contributed by atoms with Crippen LogP contribution in [0, 0.1) is 6.92 Å². The Balaban J connectivity index is 2.01. The molecule has 1 aliphatic rings. The third kappa shape index (κ3) is 1.97. The van der Waals surface area contributed by atoms with Crippen LogP contribution in [0.5, 0.6) is 0 Å². The van der Waals surface area contributed by atoms with Gasteiger partial charge >= 0.3 is 0 Å². The van der Waals surface area contributed by atoms with E-state index in [9.17, 15) is 5.11 Å². The minimum absolute atomic E-state index is 0.482.